The number of nitro benzene ring substituents is 1. The van der Waals surface area contributed by atoms with Gasteiger partial charge in [-0.05, 0) is 37.0 Å². The number of halogens is 5. The summed E-state index contributed by atoms with van der Waals surface area (Å²) in [5, 5.41) is 11.1. The van der Waals surface area contributed by atoms with Crippen LogP contribution in [0.15, 0.2) is 30.3 Å². The third-order valence-corrected chi connectivity index (χ3v) is 4.16. The van der Waals surface area contributed by atoms with Crippen LogP contribution in [0.25, 0.3) is 0 Å². The molecule has 134 valence electrons. The van der Waals surface area contributed by atoms with Crippen molar-refractivity contribution in [2.45, 2.75) is 31.9 Å². The van der Waals surface area contributed by atoms with Gasteiger partial charge in [0.15, 0.2) is 0 Å². The fourth-order valence-corrected chi connectivity index (χ4v) is 2.85. The lowest BCUT2D eigenvalue weighted by atomic mass is 9.93. The molecule has 25 heavy (non-hydrogen) atoms. The maximum absolute atomic E-state index is 12.8. The van der Waals surface area contributed by atoms with Gasteiger partial charge in [-0.15, -0.1) is 0 Å². The van der Waals surface area contributed by atoms with Crippen molar-refractivity contribution >= 4 is 28.9 Å². The van der Waals surface area contributed by atoms with Crippen LogP contribution < -0.4 is 0 Å². The lowest BCUT2D eigenvalue weighted by Gasteiger charge is -2.13. The van der Waals surface area contributed by atoms with Crippen molar-refractivity contribution in [1.29, 1.82) is 0 Å². The van der Waals surface area contributed by atoms with Gasteiger partial charge >= 0.3 is 6.18 Å². The topological polar surface area (TPSA) is 56.0 Å². The molecule has 0 aliphatic rings. The maximum Gasteiger partial charge on any atom is 0.416 e. The number of pyridine rings is 1. The van der Waals surface area contributed by atoms with Crippen LogP contribution in [0.2, 0.25) is 10.2 Å². The minimum absolute atomic E-state index is 0.116. The number of aromatic nitrogens is 1. The van der Waals surface area contributed by atoms with E-state index in [4.69, 9.17) is 23.2 Å². The summed E-state index contributed by atoms with van der Waals surface area (Å²) in [6.07, 6.45) is -3.94. The number of benzene rings is 1. The van der Waals surface area contributed by atoms with Gasteiger partial charge in [0.05, 0.1) is 10.5 Å². The minimum atomic E-state index is -4.51. The van der Waals surface area contributed by atoms with E-state index in [2.05, 4.69) is 4.98 Å². The lowest BCUT2D eigenvalue weighted by molar-refractivity contribution is -0.385. The van der Waals surface area contributed by atoms with Crippen LogP contribution >= 0.6 is 23.2 Å². The highest BCUT2D eigenvalue weighted by Crippen LogP contribution is 2.33. The summed E-state index contributed by atoms with van der Waals surface area (Å²) in [5.74, 6) is -0.271. The molecule has 1 atom stereocenters. The quantitative estimate of drug-likeness (QED) is 0.353. The van der Waals surface area contributed by atoms with E-state index in [1.165, 1.54) is 6.07 Å². The molecule has 0 spiro atoms. The van der Waals surface area contributed by atoms with Crippen molar-refractivity contribution in [3.63, 3.8) is 0 Å². The zero-order valence-corrected chi connectivity index (χ0v) is 14.5. The second kappa shape index (κ2) is 7.58. The third-order valence-electron chi connectivity index (χ3n) is 3.73. The standard InChI is InChI=1S/C16H13Cl2F3N2O2/c1-9(13-5-3-11(17)8-14(13)23(24)25)2-4-12-6-10(16(19,20)21)7-15(18)22-12/h3,5-9H,2,4H2,1H3. The molecule has 1 heterocycles. The second-order valence-electron chi connectivity index (χ2n) is 5.57. The molecule has 9 heteroatoms. The number of aryl methyl sites for hydroxylation is 1. The van der Waals surface area contributed by atoms with E-state index in [1.807, 2.05) is 0 Å². The van der Waals surface area contributed by atoms with Crippen LogP contribution in [0.5, 0.6) is 0 Å². The van der Waals surface area contributed by atoms with Crippen LogP contribution in [-0.4, -0.2) is 9.91 Å². The molecule has 0 radical (unpaired) electrons. The van der Waals surface area contributed by atoms with Crippen molar-refractivity contribution in [2.75, 3.05) is 0 Å². The molecule has 0 saturated heterocycles. The molecule has 4 nitrogen and oxygen atoms in total. The molecule has 0 fully saturated rings. The largest absolute Gasteiger partial charge is 0.416 e. The van der Waals surface area contributed by atoms with Crippen molar-refractivity contribution < 1.29 is 18.1 Å². The number of nitrogens with zero attached hydrogens (tertiary/aromatic N) is 2. The minimum Gasteiger partial charge on any atom is -0.258 e. The average molecular weight is 393 g/mol. The Morgan fingerprint density at radius 1 is 1.24 bits per heavy atom. The number of alkyl halides is 3. The number of rotatable bonds is 5. The maximum atomic E-state index is 12.8. The van der Waals surface area contributed by atoms with Gasteiger partial charge in [0.2, 0.25) is 0 Å². The predicted molar refractivity (Wildman–Crippen MR) is 89.1 cm³/mol. The number of hydrogen-bond acceptors (Lipinski definition) is 3. The Hall–Kier alpha value is -1.86. The van der Waals surface area contributed by atoms with E-state index in [1.54, 1.807) is 19.1 Å². The van der Waals surface area contributed by atoms with E-state index in [0.717, 1.165) is 12.1 Å². The second-order valence-corrected chi connectivity index (χ2v) is 6.39. The fourth-order valence-electron chi connectivity index (χ4n) is 2.45. The van der Waals surface area contributed by atoms with E-state index < -0.39 is 16.7 Å². The van der Waals surface area contributed by atoms with Crippen LogP contribution in [0.3, 0.4) is 0 Å². The lowest BCUT2D eigenvalue weighted by Crippen LogP contribution is -2.08. The van der Waals surface area contributed by atoms with Gasteiger partial charge in [-0.2, -0.15) is 13.2 Å². The zero-order valence-electron chi connectivity index (χ0n) is 13.0. The Bertz CT molecular complexity index is 797. The first kappa shape index (κ1) is 19.5. The molecule has 1 aromatic carbocycles. The molecule has 0 aliphatic carbocycles. The van der Waals surface area contributed by atoms with Gasteiger partial charge in [-0.1, -0.05) is 36.2 Å². The highest BCUT2D eigenvalue weighted by atomic mass is 35.5. The first-order chi connectivity index (χ1) is 11.6. The van der Waals surface area contributed by atoms with Crippen LogP contribution in [0, 0.1) is 10.1 Å². The summed E-state index contributed by atoms with van der Waals surface area (Å²) >= 11 is 11.4. The Morgan fingerprint density at radius 3 is 2.52 bits per heavy atom. The molecular weight excluding hydrogens is 380 g/mol. The van der Waals surface area contributed by atoms with Crippen LogP contribution in [0.1, 0.15) is 36.1 Å². The van der Waals surface area contributed by atoms with Crippen LogP contribution in [-0.2, 0) is 12.6 Å². The molecule has 1 unspecified atom stereocenters. The Balaban J connectivity index is 2.20. The molecule has 1 aromatic heterocycles. The molecule has 0 bridgehead atoms. The Morgan fingerprint density at radius 2 is 1.92 bits per heavy atom. The predicted octanol–water partition coefficient (Wildman–Crippen LogP) is 6.05. The summed E-state index contributed by atoms with van der Waals surface area (Å²) in [6, 6.07) is 6.05. The Labute approximate surface area is 151 Å². The van der Waals surface area contributed by atoms with E-state index in [0.29, 0.717) is 12.0 Å². The third kappa shape index (κ3) is 5.06. The first-order valence-electron chi connectivity index (χ1n) is 7.25. The summed E-state index contributed by atoms with van der Waals surface area (Å²) in [6.45, 7) is 1.76. The van der Waals surface area contributed by atoms with Crippen LogP contribution in [0.4, 0.5) is 18.9 Å². The molecule has 0 amide bonds. The first-order valence-corrected chi connectivity index (χ1v) is 8.01. The number of hydrogen-bond donors (Lipinski definition) is 0. The van der Waals surface area contributed by atoms with Gasteiger partial charge in [0.25, 0.3) is 5.69 Å². The van der Waals surface area contributed by atoms with Crippen molar-refractivity contribution in [3.05, 3.63) is 67.4 Å². The fraction of sp³-hybridized carbons (Fsp3) is 0.312. The van der Waals surface area contributed by atoms with Crippen molar-refractivity contribution in [1.82, 2.24) is 4.98 Å². The van der Waals surface area contributed by atoms with Gasteiger partial charge < -0.3 is 0 Å². The molecular formula is C16H13Cl2F3N2O2. The molecule has 2 rings (SSSR count). The normalized spacial score (nSPS) is 12.9. The summed E-state index contributed by atoms with van der Waals surface area (Å²) in [7, 11) is 0. The SMILES string of the molecule is CC(CCc1cc(C(F)(F)F)cc(Cl)n1)c1ccc(Cl)cc1[N+](=O)[O-]. The average Bonchev–Trinajstić information content (AvgIpc) is 2.51. The number of nitro groups is 1. The summed E-state index contributed by atoms with van der Waals surface area (Å²) < 4.78 is 38.5. The van der Waals surface area contributed by atoms with Gasteiger partial charge in [0, 0.05) is 22.3 Å². The zero-order chi connectivity index (χ0) is 18.8. The summed E-state index contributed by atoms with van der Waals surface area (Å²) in [4.78, 5) is 14.5. The van der Waals surface area contributed by atoms with E-state index >= 15 is 0 Å². The van der Waals surface area contributed by atoms with Crippen molar-refractivity contribution in [2.24, 2.45) is 0 Å². The highest BCUT2D eigenvalue weighted by Gasteiger charge is 2.31. The molecule has 0 saturated carbocycles. The van der Waals surface area contributed by atoms with E-state index in [9.17, 15) is 23.3 Å². The highest BCUT2D eigenvalue weighted by molar-refractivity contribution is 6.30. The smallest absolute Gasteiger partial charge is 0.258 e. The molecule has 0 aliphatic heterocycles. The van der Waals surface area contributed by atoms with Crippen molar-refractivity contribution in [3.8, 4) is 0 Å². The van der Waals surface area contributed by atoms with Gasteiger partial charge in [0.1, 0.15) is 5.15 Å². The van der Waals surface area contributed by atoms with Gasteiger partial charge in [-0.3, -0.25) is 10.1 Å². The molecule has 2 aromatic rings. The van der Waals surface area contributed by atoms with E-state index in [-0.39, 0.29) is 33.9 Å². The monoisotopic (exact) mass is 392 g/mol. The van der Waals surface area contributed by atoms with Gasteiger partial charge in [-0.25, -0.2) is 4.98 Å². The summed E-state index contributed by atoms with van der Waals surface area (Å²) in [5.41, 5.74) is -0.335. The molecule has 0 N–H and O–H groups in total. The Kier molecular flexibility index (Phi) is 5.90.